The van der Waals surface area contributed by atoms with E-state index in [0.29, 0.717) is 6.42 Å². The van der Waals surface area contributed by atoms with Crippen LogP contribution in [0.25, 0.3) is 0 Å². The highest BCUT2D eigenvalue weighted by Gasteiger charge is 2.31. The van der Waals surface area contributed by atoms with Crippen LogP contribution in [0.1, 0.15) is 53.4 Å². The van der Waals surface area contributed by atoms with E-state index in [1.165, 1.54) is 0 Å². The normalized spacial score (nSPS) is 14.9. The van der Waals surface area contributed by atoms with Gasteiger partial charge in [-0.25, -0.2) is 0 Å². The van der Waals surface area contributed by atoms with Gasteiger partial charge in [0.15, 0.2) is 5.92 Å². The van der Waals surface area contributed by atoms with Gasteiger partial charge in [0.05, 0.1) is 0 Å². The molecule has 0 radical (unpaired) electrons. The molecule has 0 fully saturated rings. The predicted molar refractivity (Wildman–Crippen MR) is 69.1 cm³/mol. The zero-order chi connectivity index (χ0) is 14.3. The summed E-state index contributed by atoms with van der Waals surface area (Å²) in [6.07, 6.45) is 2.53. The summed E-state index contributed by atoms with van der Waals surface area (Å²) in [6.45, 7) is 7.16. The molecule has 0 bridgehead atoms. The quantitative estimate of drug-likeness (QED) is 0.538. The first-order chi connectivity index (χ1) is 8.17. The van der Waals surface area contributed by atoms with Gasteiger partial charge in [-0.1, -0.05) is 13.3 Å². The minimum atomic E-state index is -1.15. The highest BCUT2D eigenvalue weighted by Crippen LogP contribution is 2.17. The fourth-order valence-corrected chi connectivity index (χ4v) is 1.61. The van der Waals surface area contributed by atoms with Gasteiger partial charge in [-0.05, 0) is 40.0 Å². The zero-order valence-electron chi connectivity index (χ0n) is 11.7. The number of hydrogen-bond donors (Lipinski definition) is 2. The van der Waals surface area contributed by atoms with Crippen LogP contribution in [0.3, 0.4) is 0 Å². The van der Waals surface area contributed by atoms with Crippen molar-refractivity contribution in [1.29, 1.82) is 0 Å². The van der Waals surface area contributed by atoms with Gasteiger partial charge < -0.3 is 15.6 Å². The average molecular weight is 259 g/mol. The Balaban J connectivity index is 4.40. The fourth-order valence-electron chi connectivity index (χ4n) is 1.61. The first-order valence-corrected chi connectivity index (χ1v) is 6.38. The molecule has 0 aromatic carbocycles. The highest BCUT2D eigenvalue weighted by atomic mass is 16.6. The van der Waals surface area contributed by atoms with Crippen molar-refractivity contribution in [3.05, 3.63) is 0 Å². The average Bonchev–Trinajstić information content (AvgIpc) is 2.14. The molecule has 18 heavy (non-hydrogen) atoms. The van der Waals surface area contributed by atoms with E-state index in [2.05, 4.69) is 0 Å². The number of carboxylic acid groups (broad SMARTS) is 1. The Morgan fingerprint density at radius 2 is 1.78 bits per heavy atom. The van der Waals surface area contributed by atoms with E-state index in [9.17, 15) is 9.59 Å². The molecule has 2 atom stereocenters. The maximum Gasteiger partial charge on any atom is 0.320 e. The number of aliphatic carboxylic acids is 1. The smallest absolute Gasteiger partial charge is 0.320 e. The number of hydrogen-bond acceptors (Lipinski definition) is 4. The van der Waals surface area contributed by atoms with E-state index in [-0.39, 0.29) is 12.5 Å². The summed E-state index contributed by atoms with van der Waals surface area (Å²) < 4.78 is 5.09. The summed E-state index contributed by atoms with van der Waals surface area (Å²) in [5, 5.41) is 9.04. The molecule has 0 aliphatic rings. The number of carbonyl (C=O) groups is 2. The van der Waals surface area contributed by atoms with Crippen molar-refractivity contribution < 1.29 is 19.4 Å². The largest absolute Gasteiger partial charge is 0.481 e. The Kier molecular flexibility index (Phi) is 6.91. The standard InChI is InChI=1S/C13H25NO4/c1-5-6-9(14)7-8-10(11(15)16)12(17)18-13(2,3)4/h9-10H,5-8,14H2,1-4H3,(H,15,16). The van der Waals surface area contributed by atoms with Gasteiger partial charge in [0.1, 0.15) is 5.60 Å². The lowest BCUT2D eigenvalue weighted by atomic mass is 9.98. The Bertz CT molecular complexity index is 283. The van der Waals surface area contributed by atoms with Crippen molar-refractivity contribution in [1.82, 2.24) is 0 Å². The van der Waals surface area contributed by atoms with Crippen molar-refractivity contribution in [2.75, 3.05) is 0 Å². The number of nitrogens with two attached hydrogens (primary N) is 1. The molecule has 5 heteroatoms. The Hall–Kier alpha value is -1.10. The van der Waals surface area contributed by atoms with Crippen LogP contribution in [0, 0.1) is 5.92 Å². The number of rotatable bonds is 7. The third-order valence-electron chi connectivity index (χ3n) is 2.47. The number of ether oxygens (including phenoxy) is 1. The number of esters is 1. The topological polar surface area (TPSA) is 89.6 Å². The summed E-state index contributed by atoms with van der Waals surface area (Å²) in [5.74, 6) is -2.95. The molecule has 0 aromatic rings. The van der Waals surface area contributed by atoms with Gasteiger partial charge in [-0.15, -0.1) is 0 Å². The SMILES string of the molecule is CCCC(N)CCC(C(=O)O)C(=O)OC(C)(C)C. The van der Waals surface area contributed by atoms with E-state index >= 15 is 0 Å². The lowest BCUT2D eigenvalue weighted by Crippen LogP contribution is -2.34. The molecule has 0 aromatic heterocycles. The van der Waals surface area contributed by atoms with Crippen molar-refractivity contribution >= 4 is 11.9 Å². The van der Waals surface area contributed by atoms with Gasteiger partial charge >= 0.3 is 11.9 Å². The molecule has 2 unspecified atom stereocenters. The molecule has 0 aliphatic heterocycles. The predicted octanol–water partition coefficient (Wildman–Crippen LogP) is 1.94. The molecule has 106 valence electrons. The maximum absolute atomic E-state index is 11.7. The van der Waals surface area contributed by atoms with Crippen molar-refractivity contribution in [2.24, 2.45) is 11.7 Å². The van der Waals surface area contributed by atoms with E-state index in [4.69, 9.17) is 15.6 Å². The van der Waals surface area contributed by atoms with Crippen LogP contribution in [0.5, 0.6) is 0 Å². The van der Waals surface area contributed by atoms with E-state index in [1.807, 2.05) is 6.92 Å². The van der Waals surface area contributed by atoms with Crippen LogP contribution in [-0.2, 0) is 14.3 Å². The van der Waals surface area contributed by atoms with Crippen LogP contribution in [-0.4, -0.2) is 28.7 Å². The van der Waals surface area contributed by atoms with E-state index in [1.54, 1.807) is 20.8 Å². The monoisotopic (exact) mass is 259 g/mol. The van der Waals surface area contributed by atoms with E-state index < -0.39 is 23.5 Å². The van der Waals surface area contributed by atoms with Gasteiger partial charge in [0.25, 0.3) is 0 Å². The molecule has 3 N–H and O–H groups in total. The van der Waals surface area contributed by atoms with Crippen LogP contribution in [0.2, 0.25) is 0 Å². The number of carbonyl (C=O) groups excluding carboxylic acids is 1. The van der Waals surface area contributed by atoms with Gasteiger partial charge in [0, 0.05) is 6.04 Å². The minimum Gasteiger partial charge on any atom is -0.481 e. The molecule has 0 aliphatic carbocycles. The zero-order valence-corrected chi connectivity index (χ0v) is 11.7. The van der Waals surface area contributed by atoms with Crippen molar-refractivity contribution in [2.45, 2.75) is 65.0 Å². The van der Waals surface area contributed by atoms with Crippen molar-refractivity contribution in [3.8, 4) is 0 Å². The summed E-state index contributed by atoms with van der Waals surface area (Å²) in [6, 6.07) is -0.0562. The Morgan fingerprint density at radius 1 is 1.22 bits per heavy atom. The van der Waals surface area contributed by atoms with Gasteiger partial charge in [-0.2, -0.15) is 0 Å². The molecule has 0 heterocycles. The minimum absolute atomic E-state index is 0.0562. The molecule has 5 nitrogen and oxygen atoms in total. The molecular weight excluding hydrogens is 234 g/mol. The van der Waals surface area contributed by atoms with Crippen LogP contribution in [0.15, 0.2) is 0 Å². The summed E-state index contributed by atoms with van der Waals surface area (Å²) in [7, 11) is 0. The van der Waals surface area contributed by atoms with Gasteiger partial charge in [0.2, 0.25) is 0 Å². The lowest BCUT2D eigenvalue weighted by molar-refractivity contribution is -0.167. The highest BCUT2D eigenvalue weighted by molar-refractivity contribution is 5.94. The Labute approximate surface area is 109 Å². The first-order valence-electron chi connectivity index (χ1n) is 6.38. The van der Waals surface area contributed by atoms with Gasteiger partial charge in [-0.3, -0.25) is 9.59 Å². The summed E-state index contributed by atoms with van der Waals surface area (Å²) >= 11 is 0. The van der Waals surface area contributed by atoms with Crippen LogP contribution < -0.4 is 5.73 Å². The lowest BCUT2D eigenvalue weighted by Gasteiger charge is -2.22. The fraction of sp³-hybridized carbons (Fsp3) is 0.846. The van der Waals surface area contributed by atoms with Crippen LogP contribution in [0.4, 0.5) is 0 Å². The second-order valence-corrected chi connectivity index (χ2v) is 5.55. The third kappa shape index (κ3) is 7.27. The second kappa shape index (κ2) is 7.36. The maximum atomic E-state index is 11.7. The number of carboxylic acids is 1. The van der Waals surface area contributed by atoms with Crippen molar-refractivity contribution in [3.63, 3.8) is 0 Å². The molecular formula is C13H25NO4. The summed E-state index contributed by atoms with van der Waals surface area (Å²) in [5.41, 5.74) is 5.14. The molecule has 0 amide bonds. The Morgan fingerprint density at radius 3 is 2.17 bits per heavy atom. The first kappa shape index (κ1) is 16.9. The summed E-state index contributed by atoms with van der Waals surface area (Å²) in [4.78, 5) is 22.8. The molecule has 0 spiro atoms. The third-order valence-corrected chi connectivity index (χ3v) is 2.47. The second-order valence-electron chi connectivity index (χ2n) is 5.55. The molecule has 0 rings (SSSR count). The van der Waals surface area contributed by atoms with E-state index in [0.717, 1.165) is 12.8 Å². The molecule has 0 saturated heterocycles. The molecule has 0 saturated carbocycles. The van der Waals surface area contributed by atoms with Crippen LogP contribution >= 0.6 is 0 Å².